The zero-order valence-corrected chi connectivity index (χ0v) is 15.5. The lowest BCUT2D eigenvalue weighted by Crippen LogP contribution is -2.38. The molecule has 0 unspecified atom stereocenters. The second-order valence-corrected chi connectivity index (χ2v) is 6.80. The van der Waals surface area contributed by atoms with Gasteiger partial charge in [0.25, 0.3) is 0 Å². The van der Waals surface area contributed by atoms with E-state index in [1.807, 2.05) is 7.05 Å². The summed E-state index contributed by atoms with van der Waals surface area (Å²) < 4.78 is 0. The average Bonchev–Trinajstić information content (AvgIpc) is 3.02. The molecule has 24 heavy (non-hydrogen) atoms. The third-order valence-corrected chi connectivity index (χ3v) is 4.80. The molecule has 130 valence electrons. The molecule has 4 nitrogen and oxygen atoms in total. The summed E-state index contributed by atoms with van der Waals surface area (Å²) in [6.07, 6.45) is 5.56. The number of rotatable bonds is 9. The molecular formula is C19H28N4S. The van der Waals surface area contributed by atoms with E-state index in [-0.39, 0.29) is 0 Å². The maximum Gasteiger partial charge on any atom is 0.190 e. The Labute approximate surface area is 149 Å². The first kappa shape index (κ1) is 18.5. The van der Waals surface area contributed by atoms with E-state index in [4.69, 9.17) is 0 Å². The minimum Gasteiger partial charge on any atom is -0.356 e. The average molecular weight is 345 g/mol. The molecule has 0 fully saturated rings. The minimum absolute atomic E-state index is 0.896. The van der Waals surface area contributed by atoms with Crippen molar-refractivity contribution in [3.63, 3.8) is 0 Å². The first-order chi connectivity index (χ1) is 11.8. The number of aryl methyl sites for hydroxylation is 3. The number of aromatic nitrogens is 1. The lowest BCUT2D eigenvalue weighted by molar-refractivity contribution is 0.684. The van der Waals surface area contributed by atoms with Crippen LogP contribution in [0.2, 0.25) is 0 Å². The molecule has 0 aliphatic carbocycles. The van der Waals surface area contributed by atoms with Crippen molar-refractivity contribution in [2.75, 3.05) is 20.1 Å². The normalized spacial score (nSPS) is 11.5. The second-order valence-electron chi connectivity index (χ2n) is 5.85. The standard InChI is InChI=1S/C19H28N4S/c1-16-15-24-18(23-16)12-6-7-13-21-19(20-2)22-14-8-11-17-9-4-3-5-10-17/h3-5,9-10,15H,6-8,11-14H2,1-2H3,(H2,20,21,22). The monoisotopic (exact) mass is 344 g/mol. The molecular weight excluding hydrogens is 316 g/mol. The SMILES string of the molecule is CN=C(NCCCCc1nc(C)cs1)NCCCc1ccccc1. The zero-order valence-electron chi connectivity index (χ0n) is 14.7. The number of unbranched alkanes of at least 4 members (excludes halogenated alkanes) is 1. The van der Waals surface area contributed by atoms with Gasteiger partial charge in [0.2, 0.25) is 0 Å². The Morgan fingerprint density at radius 3 is 2.46 bits per heavy atom. The fraction of sp³-hybridized carbons (Fsp3) is 0.474. The Morgan fingerprint density at radius 2 is 1.79 bits per heavy atom. The molecule has 0 aliphatic heterocycles. The number of hydrogen-bond acceptors (Lipinski definition) is 3. The predicted octanol–water partition coefficient (Wildman–Crippen LogP) is 3.57. The lowest BCUT2D eigenvalue weighted by Gasteiger charge is -2.11. The van der Waals surface area contributed by atoms with Crippen molar-refractivity contribution in [3.05, 3.63) is 52.0 Å². The molecule has 0 radical (unpaired) electrons. The molecule has 1 heterocycles. The summed E-state index contributed by atoms with van der Waals surface area (Å²) in [5, 5.41) is 10.1. The number of nitrogens with zero attached hydrogens (tertiary/aromatic N) is 2. The van der Waals surface area contributed by atoms with Crippen molar-refractivity contribution in [3.8, 4) is 0 Å². The highest BCUT2D eigenvalue weighted by molar-refractivity contribution is 7.09. The van der Waals surface area contributed by atoms with Gasteiger partial charge in [-0.3, -0.25) is 4.99 Å². The first-order valence-corrected chi connectivity index (χ1v) is 9.55. The van der Waals surface area contributed by atoms with Crippen LogP contribution in [0.5, 0.6) is 0 Å². The number of aliphatic imine (C=N–C) groups is 1. The van der Waals surface area contributed by atoms with Crippen LogP contribution in [0.3, 0.4) is 0 Å². The number of thiazole rings is 1. The van der Waals surface area contributed by atoms with Gasteiger partial charge in [0.15, 0.2) is 5.96 Å². The molecule has 0 bridgehead atoms. The number of hydrogen-bond donors (Lipinski definition) is 2. The van der Waals surface area contributed by atoms with Gasteiger partial charge in [0, 0.05) is 31.2 Å². The summed E-state index contributed by atoms with van der Waals surface area (Å²) in [5.41, 5.74) is 2.52. The van der Waals surface area contributed by atoms with Crippen molar-refractivity contribution in [2.24, 2.45) is 4.99 Å². The predicted molar refractivity (Wildman–Crippen MR) is 104 cm³/mol. The smallest absolute Gasteiger partial charge is 0.190 e. The van der Waals surface area contributed by atoms with Gasteiger partial charge < -0.3 is 10.6 Å². The Hall–Kier alpha value is -1.88. The Balaban J connectivity index is 1.52. The second kappa shape index (κ2) is 10.8. The zero-order chi connectivity index (χ0) is 17.0. The molecule has 2 N–H and O–H groups in total. The Bertz CT molecular complexity index is 607. The lowest BCUT2D eigenvalue weighted by atomic mass is 10.1. The third-order valence-electron chi connectivity index (χ3n) is 3.78. The van der Waals surface area contributed by atoms with Crippen molar-refractivity contribution in [1.82, 2.24) is 15.6 Å². The van der Waals surface area contributed by atoms with Crippen LogP contribution < -0.4 is 10.6 Å². The molecule has 1 aromatic heterocycles. The van der Waals surface area contributed by atoms with Gasteiger partial charge in [-0.05, 0) is 44.6 Å². The highest BCUT2D eigenvalue weighted by Crippen LogP contribution is 2.11. The highest BCUT2D eigenvalue weighted by atomic mass is 32.1. The van der Waals surface area contributed by atoms with E-state index in [9.17, 15) is 0 Å². The van der Waals surface area contributed by atoms with Gasteiger partial charge in [-0.15, -0.1) is 11.3 Å². The highest BCUT2D eigenvalue weighted by Gasteiger charge is 2.00. The van der Waals surface area contributed by atoms with Gasteiger partial charge >= 0.3 is 0 Å². The van der Waals surface area contributed by atoms with E-state index in [1.165, 1.54) is 10.6 Å². The van der Waals surface area contributed by atoms with Gasteiger partial charge in [-0.1, -0.05) is 30.3 Å². The molecule has 1 aromatic carbocycles. The molecule has 2 aromatic rings. The van der Waals surface area contributed by atoms with E-state index < -0.39 is 0 Å². The topological polar surface area (TPSA) is 49.3 Å². The maximum absolute atomic E-state index is 4.50. The first-order valence-electron chi connectivity index (χ1n) is 8.67. The molecule has 0 atom stereocenters. The quantitative estimate of drug-likeness (QED) is 0.415. The van der Waals surface area contributed by atoms with Gasteiger partial charge in [0.1, 0.15) is 0 Å². The summed E-state index contributed by atoms with van der Waals surface area (Å²) in [7, 11) is 1.82. The van der Waals surface area contributed by atoms with Gasteiger partial charge in [-0.2, -0.15) is 0 Å². The van der Waals surface area contributed by atoms with Crippen LogP contribution in [0.25, 0.3) is 0 Å². The van der Waals surface area contributed by atoms with Crippen LogP contribution in [-0.4, -0.2) is 31.1 Å². The molecule has 0 saturated carbocycles. The number of benzene rings is 1. The van der Waals surface area contributed by atoms with E-state index in [1.54, 1.807) is 11.3 Å². The van der Waals surface area contributed by atoms with Crippen LogP contribution >= 0.6 is 11.3 Å². The van der Waals surface area contributed by atoms with Gasteiger partial charge in [-0.25, -0.2) is 4.98 Å². The van der Waals surface area contributed by atoms with Crippen molar-refractivity contribution >= 4 is 17.3 Å². The third kappa shape index (κ3) is 7.13. The summed E-state index contributed by atoms with van der Waals surface area (Å²) in [5.74, 6) is 0.896. The van der Waals surface area contributed by atoms with Crippen LogP contribution in [0.4, 0.5) is 0 Å². The Kier molecular flexibility index (Phi) is 8.32. The molecule has 0 spiro atoms. The van der Waals surface area contributed by atoms with Gasteiger partial charge in [0.05, 0.1) is 5.01 Å². The van der Waals surface area contributed by atoms with E-state index >= 15 is 0 Å². The number of guanidine groups is 1. The summed E-state index contributed by atoms with van der Waals surface area (Å²) >= 11 is 1.76. The molecule has 5 heteroatoms. The maximum atomic E-state index is 4.50. The minimum atomic E-state index is 0.896. The van der Waals surface area contributed by atoms with E-state index in [2.05, 4.69) is 63.2 Å². The summed E-state index contributed by atoms with van der Waals surface area (Å²) in [4.78, 5) is 8.77. The molecule has 0 saturated heterocycles. The van der Waals surface area contributed by atoms with Crippen molar-refractivity contribution < 1.29 is 0 Å². The largest absolute Gasteiger partial charge is 0.356 e. The van der Waals surface area contributed by atoms with Crippen molar-refractivity contribution in [2.45, 2.75) is 39.0 Å². The summed E-state index contributed by atoms with van der Waals surface area (Å²) in [6.45, 7) is 3.94. The van der Waals surface area contributed by atoms with E-state index in [0.717, 1.165) is 56.8 Å². The summed E-state index contributed by atoms with van der Waals surface area (Å²) in [6, 6.07) is 10.6. The molecule has 0 amide bonds. The molecule has 0 aliphatic rings. The number of nitrogens with one attached hydrogen (secondary N) is 2. The van der Waals surface area contributed by atoms with Crippen LogP contribution in [-0.2, 0) is 12.8 Å². The molecule has 2 rings (SSSR count). The van der Waals surface area contributed by atoms with Crippen LogP contribution in [0.1, 0.15) is 35.5 Å². The Morgan fingerprint density at radius 1 is 1.04 bits per heavy atom. The van der Waals surface area contributed by atoms with Crippen LogP contribution in [0.15, 0.2) is 40.7 Å². The van der Waals surface area contributed by atoms with Crippen molar-refractivity contribution in [1.29, 1.82) is 0 Å². The van der Waals surface area contributed by atoms with Crippen LogP contribution in [0, 0.1) is 6.92 Å². The van der Waals surface area contributed by atoms with E-state index in [0.29, 0.717) is 0 Å². The fourth-order valence-corrected chi connectivity index (χ4v) is 3.31. The fourth-order valence-electron chi connectivity index (χ4n) is 2.49.